The minimum atomic E-state index is -0.400. The number of ether oxygens (including phenoxy) is 2. The van der Waals surface area contributed by atoms with Crippen LogP contribution in [-0.2, 0) is 20.8 Å². The third-order valence-corrected chi connectivity index (χ3v) is 3.86. The standard InChI is InChI=1S/C18H26N2O4/c1-13(21)19-9-14-5-7-15(8-6-14)17(22)20-10-16(11-23-4)24-18(2,3)12-20/h5-8,16H,9-12H2,1-4H3,(H,19,21)/t16-/m0/s1. The van der Waals surface area contributed by atoms with Crippen molar-refractivity contribution in [3.8, 4) is 0 Å². The molecular weight excluding hydrogens is 308 g/mol. The molecule has 1 heterocycles. The Morgan fingerprint density at radius 2 is 2.00 bits per heavy atom. The molecule has 1 fully saturated rings. The van der Waals surface area contributed by atoms with Gasteiger partial charge < -0.3 is 19.7 Å². The Morgan fingerprint density at radius 1 is 1.33 bits per heavy atom. The molecule has 1 aliphatic rings. The molecule has 1 aromatic rings. The maximum Gasteiger partial charge on any atom is 0.254 e. The van der Waals surface area contributed by atoms with Gasteiger partial charge in [-0.3, -0.25) is 9.59 Å². The van der Waals surface area contributed by atoms with Crippen LogP contribution < -0.4 is 5.32 Å². The van der Waals surface area contributed by atoms with Crippen molar-refractivity contribution in [1.82, 2.24) is 10.2 Å². The van der Waals surface area contributed by atoms with Crippen molar-refractivity contribution in [3.63, 3.8) is 0 Å². The van der Waals surface area contributed by atoms with Crippen LogP contribution in [-0.4, -0.2) is 55.2 Å². The van der Waals surface area contributed by atoms with Gasteiger partial charge in [-0.05, 0) is 31.5 Å². The van der Waals surface area contributed by atoms with Gasteiger partial charge in [-0.15, -0.1) is 0 Å². The zero-order valence-corrected chi connectivity index (χ0v) is 14.8. The van der Waals surface area contributed by atoms with Gasteiger partial charge in [-0.2, -0.15) is 0 Å². The molecule has 0 unspecified atom stereocenters. The van der Waals surface area contributed by atoms with Crippen LogP contribution in [0.15, 0.2) is 24.3 Å². The molecule has 6 nitrogen and oxygen atoms in total. The van der Waals surface area contributed by atoms with Crippen LogP contribution in [0.5, 0.6) is 0 Å². The van der Waals surface area contributed by atoms with E-state index < -0.39 is 5.60 Å². The Bertz CT molecular complexity index is 583. The minimum Gasteiger partial charge on any atom is -0.382 e. The molecule has 1 saturated heterocycles. The van der Waals surface area contributed by atoms with E-state index in [4.69, 9.17) is 9.47 Å². The van der Waals surface area contributed by atoms with Crippen molar-refractivity contribution in [2.45, 2.75) is 39.0 Å². The molecule has 1 atom stereocenters. The van der Waals surface area contributed by atoms with Gasteiger partial charge in [0.25, 0.3) is 5.91 Å². The lowest BCUT2D eigenvalue weighted by atomic mass is 10.0. The van der Waals surface area contributed by atoms with Crippen LogP contribution in [0.3, 0.4) is 0 Å². The largest absolute Gasteiger partial charge is 0.382 e. The summed E-state index contributed by atoms with van der Waals surface area (Å²) in [5.41, 5.74) is 1.19. The minimum absolute atomic E-state index is 0.0152. The van der Waals surface area contributed by atoms with Gasteiger partial charge in [-0.25, -0.2) is 0 Å². The van der Waals surface area contributed by atoms with Gasteiger partial charge in [0.15, 0.2) is 0 Å². The maximum atomic E-state index is 12.8. The van der Waals surface area contributed by atoms with E-state index in [1.807, 2.05) is 30.9 Å². The SMILES string of the molecule is COC[C@@H]1CN(C(=O)c2ccc(CNC(C)=O)cc2)CC(C)(C)O1. The highest BCUT2D eigenvalue weighted by molar-refractivity contribution is 5.94. The number of methoxy groups -OCH3 is 1. The molecule has 0 bridgehead atoms. The zero-order valence-electron chi connectivity index (χ0n) is 14.8. The predicted molar refractivity (Wildman–Crippen MR) is 90.7 cm³/mol. The van der Waals surface area contributed by atoms with Crippen molar-refractivity contribution >= 4 is 11.8 Å². The second kappa shape index (κ2) is 7.77. The van der Waals surface area contributed by atoms with E-state index >= 15 is 0 Å². The molecule has 0 radical (unpaired) electrons. The molecule has 1 aromatic carbocycles. The molecule has 2 rings (SSSR count). The Kier molecular flexibility index (Phi) is 5.96. The molecule has 0 saturated carbocycles. The average Bonchev–Trinajstić information content (AvgIpc) is 2.51. The van der Waals surface area contributed by atoms with E-state index in [1.165, 1.54) is 6.92 Å². The molecule has 0 aliphatic carbocycles. The number of rotatable bonds is 5. The Morgan fingerprint density at radius 3 is 2.58 bits per heavy atom. The molecular formula is C18H26N2O4. The number of nitrogens with zero attached hydrogens (tertiary/aromatic N) is 1. The van der Waals surface area contributed by atoms with Crippen molar-refractivity contribution in [2.24, 2.45) is 0 Å². The van der Waals surface area contributed by atoms with E-state index in [0.29, 0.717) is 31.8 Å². The monoisotopic (exact) mass is 334 g/mol. The lowest BCUT2D eigenvalue weighted by molar-refractivity contribution is -0.143. The number of benzene rings is 1. The number of hydrogen-bond donors (Lipinski definition) is 1. The third-order valence-electron chi connectivity index (χ3n) is 3.86. The molecule has 1 N–H and O–H groups in total. The van der Waals surface area contributed by atoms with Gasteiger partial charge in [-0.1, -0.05) is 12.1 Å². The quantitative estimate of drug-likeness (QED) is 0.888. The Hall–Kier alpha value is -1.92. The lowest BCUT2D eigenvalue weighted by Gasteiger charge is -2.42. The first-order valence-electron chi connectivity index (χ1n) is 8.10. The number of amides is 2. The zero-order chi connectivity index (χ0) is 17.7. The van der Waals surface area contributed by atoms with Gasteiger partial charge >= 0.3 is 0 Å². The first-order valence-corrected chi connectivity index (χ1v) is 8.10. The summed E-state index contributed by atoms with van der Waals surface area (Å²) in [5, 5.41) is 2.74. The average molecular weight is 334 g/mol. The number of carbonyl (C=O) groups is 2. The molecule has 0 spiro atoms. The van der Waals surface area contributed by atoms with Gasteiger partial charge in [0, 0.05) is 39.2 Å². The summed E-state index contributed by atoms with van der Waals surface area (Å²) in [5.74, 6) is -0.0894. The van der Waals surface area contributed by atoms with Crippen molar-refractivity contribution in [3.05, 3.63) is 35.4 Å². The molecule has 2 amide bonds. The Balaban J connectivity index is 2.05. The summed E-state index contributed by atoms with van der Waals surface area (Å²) < 4.78 is 11.1. The van der Waals surface area contributed by atoms with Crippen LogP contribution in [0.2, 0.25) is 0 Å². The fourth-order valence-corrected chi connectivity index (χ4v) is 2.90. The number of carbonyl (C=O) groups excluding carboxylic acids is 2. The van der Waals surface area contributed by atoms with E-state index in [0.717, 1.165) is 5.56 Å². The van der Waals surface area contributed by atoms with Crippen LogP contribution in [0.25, 0.3) is 0 Å². The number of morpholine rings is 1. The second-order valence-corrected chi connectivity index (χ2v) is 6.75. The molecule has 0 aromatic heterocycles. The van der Waals surface area contributed by atoms with E-state index in [2.05, 4.69) is 5.32 Å². The fraction of sp³-hybridized carbons (Fsp3) is 0.556. The lowest BCUT2D eigenvalue weighted by Crippen LogP contribution is -2.55. The van der Waals surface area contributed by atoms with Crippen LogP contribution >= 0.6 is 0 Å². The van der Waals surface area contributed by atoms with Gasteiger partial charge in [0.05, 0.1) is 18.3 Å². The number of nitrogens with one attached hydrogen (secondary N) is 1. The molecule has 24 heavy (non-hydrogen) atoms. The van der Waals surface area contributed by atoms with Crippen LogP contribution in [0.1, 0.15) is 36.7 Å². The van der Waals surface area contributed by atoms with Crippen LogP contribution in [0, 0.1) is 0 Å². The summed E-state index contributed by atoms with van der Waals surface area (Å²) in [6, 6.07) is 7.32. The smallest absolute Gasteiger partial charge is 0.254 e. The third kappa shape index (κ3) is 5.04. The van der Waals surface area contributed by atoms with E-state index in [9.17, 15) is 9.59 Å². The summed E-state index contributed by atoms with van der Waals surface area (Å²) in [6.45, 7) is 7.42. The molecule has 6 heteroatoms. The molecule has 132 valence electrons. The highest BCUT2D eigenvalue weighted by atomic mass is 16.5. The van der Waals surface area contributed by atoms with Crippen molar-refractivity contribution in [1.29, 1.82) is 0 Å². The molecule has 1 aliphatic heterocycles. The van der Waals surface area contributed by atoms with Crippen molar-refractivity contribution < 1.29 is 19.1 Å². The van der Waals surface area contributed by atoms with Crippen molar-refractivity contribution in [2.75, 3.05) is 26.8 Å². The second-order valence-electron chi connectivity index (χ2n) is 6.75. The van der Waals surface area contributed by atoms with Gasteiger partial charge in [0.2, 0.25) is 5.91 Å². The summed E-state index contributed by atoms with van der Waals surface area (Å²) >= 11 is 0. The topological polar surface area (TPSA) is 67.9 Å². The van der Waals surface area contributed by atoms with E-state index in [-0.39, 0.29) is 17.9 Å². The first kappa shape index (κ1) is 18.4. The summed E-state index contributed by atoms with van der Waals surface area (Å²) in [7, 11) is 1.63. The highest BCUT2D eigenvalue weighted by Crippen LogP contribution is 2.23. The Labute approximate surface area is 143 Å². The first-order chi connectivity index (χ1) is 11.3. The summed E-state index contributed by atoms with van der Waals surface area (Å²) in [4.78, 5) is 25.5. The fourth-order valence-electron chi connectivity index (χ4n) is 2.90. The van der Waals surface area contributed by atoms with Gasteiger partial charge in [0.1, 0.15) is 0 Å². The normalized spacial score (nSPS) is 19.8. The van der Waals surface area contributed by atoms with Crippen LogP contribution in [0.4, 0.5) is 0 Å². The highest BCUT2D eigenvalue weighted by Gasteiger charge is 2.35. The predicted octanol–water partition coefficient (Wildman–Crippen LogP) is 1.59. The summed E-state index contributed by atoms with van der Waals surface area (Å²) in [6.07, 6.45) is -0.123. The maximum absolute atomic E-state index is 12.8. The van der Waals surface area contributed by atoms with E-state index in [1.54, 1.807) is 19.2 Å². The number of hydrogen-bond acceptors (Lipinski definition) is 4.